The lowest BCUT2D eigenvalue weighted by Gasteiger charge is -2.24. The molecule has 2 N–H and O–H groups in total. The zero-order chi connectivity index (χ0) is 18.6. The van der Waals surface area contributed by atoms with Crippen molar-refractivity contribution in [2.24, 2.45) is 0 Å². The number of nitrogens with one attached hydrogen (secondary N) is 1. The maximum Gasteiger partial charge on any atom is 0.328 e. The van der Waals surface area contributed by atoms with Crippen molar-refractivity contribution in [1.29, 1.82) is 0 Å². The summed E-state index contributed by atoms with van der Waals surface area (Å²) < 4.78 is 5.68. The first-order chi connectivity index (χ1) is 11.8. The van der Waals surface area contributed by atoms with Crippen LogP contribution in [0.4, 0.5) is 0 Å². The molecule has 1 saturated heterocycles. The Labute approximate surface area is 154 Å². The van der Waals surface area contributed by atoms with E-state index in [0.29, 0.717) is 0 Å². The largest absolute Gasteiger partial charge is 0.467 e. The first kappa shape index (κ1) is 19.4. The van der Waals surface area contributed by atoms with Crippen molar-refractivity contribution >= 4 is 33.7 Å². The summed E-state index contributed by atoms with van der Waals surface area (Å²) in [5.41, 5.74) is 0.855. The molecule has 1 aliphatic rings. The fourth-order valence-electron chi connectivity index (χ4n) is 2.87. The van der Waals surface area contributed by atoms with E-state index < -0.39 is 30.1 Å². The summed E-state index contributed by atoms with van der Waals surface area (Å²) in [6, 6.07) is 5.71. The van der Waals surface area contributed by atoms with E-state index in [4.69, 9.17) is 4.74 Å². The number of halogens is 1. The van der Waals surface area contributed by atoms with Crippen LogP contribution in [0.2, 0.25) is 0 Å². The molecule has 7 nitrogen and oxygen atoms in total. The molecule has 0 radical (unpaired) electrons. The second-order valence-corrected chi connectivity index (χ2v) is 6.91. The van der Waals surface area contributed by atoms with Gasteiger partial charge in [-0.15, -0.1) is 0 Å². The van der Waals surface area contributed by atoms with Gasteiger partial charge in [-0.1, -0.05) is 28.1 Å². The van der Waals surface area contributed by atoms with E-state index in [1.807, 2.05) is 24.3 Å². The number of methoxy groups -OCH3 is 1. The van der Waals surface area contributed by atoms with E-state index in [0.717, 1.165) is 10.0 Å². The van der Waals surface area contributed by atoms with Gasteiger partial charge in [0.15, 0.2) is 0 Å². The van der Waals surface area contributed by atoms with Gasteiger partial charge in [0.1, 0.15) is 12.1 Å². The van der Waals surface area contributed by atoms with E-state index >= 15 is 0 Å². The molecule has 1 aromatic carbocycles. The van der Waals surface area contributed by atoms with Crippen molar-refractivity contribution in [2.75, 3.05) is 13.7 Å². The summed E-state index contributed by atoms with van der Waals surface area (Å²) in [7, 11) is 1.25. The Morgan fingerprint density at radius 3 is 2.56 bits per heavy atom. The number of hydrogen-bond donors (Lipinski definition) is 2. The van der Waals surface area contributed by atoms with Gasteiger partial charge >= 0.3 is 5.97 Å². The summed E-state index contributed by atoms with van der Waals surface area (Å²) in [5, 5.41) is 12.4. The number of likely N-dealkylation sites (tertiary alicyclic amines) is 1. The number of carbonyl (C=O) groups is 3. The molecular formula is C17H21BrN2O5. The number of hydrogen-bond acceptors (Lipinski definition) is 5. The molecule has 0 aromatic heterocycles. The zero-order valence-electron chi connectivity index (χ0n) is 14.1. The van der Waals surface area contributed by atoms with Gasteiger partial charge in [-0.05, 0) is 17.7 Å². The van der Waals surface area contributed by atoms with Gasteiger partial charge in [-0.3, -0.25) is 9.59 Å². The first-order valence-electron chi connectivity index (χ1n) is 7.89. The molecule has 8 heteroatoms. The average molecular weight is 413 g/mol. The highest BCUT2D eigenvalue weighted by Crippen LogP contribution is 2.19. The molecule has 2 amide bonds. The zero-order valence-corrected chi connectivity index (χ0v) is 15.7. The highest BCUT2D eigenvalue weighted by molar-refractivity contribution is 9.10. The minimum atomic E-state index is -0.870. The molecule has 0 saturated carbocycles. The maximum atomic E-state index is 12.5. The predicted molar refractivity (Wildman–Crippen MR) is 93.6 cm³/mol. The second kappa shape index (κ2) is 8.44. The first-order valence-corrected chi connectivity index (χ1v) is 8.69. The molecule has 3 atom stereocenters. The Morgan fingerprint density at radius 1 is 1.36 bits per heavy atom. The molecular weight excluding hydrogens is 392 g/mol. The molecule has 1 fully saturated rings. The van der Waals surface area contributed by atoms with Crippen molar-refractivity contribution in [3.8, 4) is 0 Å². The molecule has 0 unspecified atom stereocenters. The SMILES string of the molecule is COC(=O)[C@@H](Cc1ccc(Br)cc1)NC(=O)[C@@H]1C[C@@H](O)CN1C(C)=O. The van der Waals surface area contributed by atoms with Crippen LogP contribution in [0.25, 0.3) is 0 Å². The van der Waals surface area contributed by atoms with Crippen molar-refractivity contribution in [2.45, 2.75) is 38.0 Å². The Bertz CT molecular complexity index is 649. The highest BCUT2D eigenvalue weighted by atomic mass is 79.9. The summed E-state index contributed by atoms with van der Waals surface area (Å²) >= 11 is 3.34. The van der Waals surface area contributed by atoms with Gasteiger partial charge in [0.25, 0.3) is 0 Å². The van der Waals surface area contributed by atoms with Gasteiger partial charge in [0.05, 0.1) is 13.2 Å². The smallest absolute Gasteiger partial charge is 0.328 e. The van der Waals surface area contributed by atoms with E-state index in [1.54, 1.807) is 0 Å². The van der Waals surface area contributed by atoms with Crippen LogP contribution in [0, 0.1) is 0 Å². The highest BCUT2D eigenvalue weighted by Gasteiger charge is 2.38. The van der Waals surface area contributed by atoms with Crippen molar-refractivity contribution in [1.82, 2.24) is 10.2 Å². The van der Waals surface area contributed by atoms with Crippen LogP contribution in [-0.4, -0.2) is 59.6 Å². The van der Waals surface area contributed by atoms with Crippen LogP contribution in [-0.2, 0) is 25.5 Å². The Hall–Kier alpha value is -1.93. The molecule has 136 valence electrons. The van der Waals surface area contributed by atoms with Crippen LogP contribution in [0.1, 0.15) is 18.9 Å². The topological polar surface area (TPSA) is 95.9 Å². The summed E-state index contributed by atoms with van der Waals surface area (Å²) in [5.74, 6) is -1.33. The van der Waals surface area contributed by atoms with Crippen molar-refractivity contribution < 1.29 is 24.2 Å². The molecule has 1 aliphatic heterocycles. The average Bonchev–Trinajstić information content (AvgIpc) is 2.97. The van der Waals surface area contributed by atoms with Gasteiger partial charge in [-0.25, -0.2) is 4.79 Å². The minimum Gasteiger partial charge on any atom is -0.467 e. The standard InChI is InChI=1S/C17H21BrN2O5/c1-10(21)20-9-13(22)8-15(20)16(23)19-14(17(24)25-2)7-11-3-5-12(18)6-4-11/h3-6,13-15,22H,7-9H2,1-2H3,(H,19,23)/t13-,14-,15+/m1/s1. The summed E-state index contributed by atoms with van der Waals surface area (Å²) in [6.45, 7) is 1.46. The molecule has 0 spiro atoms. The number of carbonyl (C=O) groups excluding carboxylic acids is 3. The van der Waals surface area contributed by atoms with Gasteiger partial charge in [0.2, 0.25) is 11.8 Å². The fourth-order valence-corrected chi connectivity index (χ4v) is 3.13. The van der Waals surface area contributed by atoms with E-state index in [9.17, 15) is 19.5 Å². The third kappa shape index (κ3) is 5.02. The van der Waals surface area contributed by atoms with Gasteiger partial charge < -0.3 is 20.1 Å². The normalized spacial score (nSPS) is 20.9. The number of nitrogens with zero attached hydrogens (tertiary/aromatic N) is 1. The quantitative estimate of drug-likeness (QED) is 0.691. The number of amides is 2. The molecule has 0 aliphatic carbocycles. The number of benzene rings is 1. The third-order valence-electron chi connectivity index (χ3n) is 4.14. The van der Waals surface area contributed by atoms with Crippen LogP contribution >= 0.6 is 15.9 Å². The van der Waals surface area contributed by atoms with Crippen LogP contribution in [0.3, 0.4) is 0 Å². The third-order valence-corrected chi connectivity index (χ3v) is 4.67. The van der Waals surface area contributed by atoms with E-state index in [2.05, 4.69) is 21.2 Å². The Balaban J connectivity index is 2.10. The van der Waals surface area contributed by atoms with E-state index in [1.165, 1.54) is 18.9 Å². The van der Waals surface area contributed by atoms with Crippen LogP contribution < -0.4 is 5.32 Å². The van der Waals surface area contributed by atoms with Crippen LogP contribution in [0.5, 0.6) is 0 Å². The maximum absolute atomic E-state index is 12.5. The summed E-state index contributed by atoms with van der Waals surface area (Å²) in [4.78, 5) is 37.5. The predicted octanol–water partition coefficient (Wildman–Crippen LogP) is 0.631. The molecule has 25 heavy (non-hydrogen) atoms. The molecule has 1 heterocycles. The molecule has 2 rings (SSSR count). The summed E-state index contributed by atoms with van der Waals surface area (Å²) in [6.07, 6.45) is -0.332. The van der Waals surface area contributed by atoms with Crippen molar-refractivity contribution in [3.05, 3.63) is 34.3 Å². The fraction of sp³-hybridized carbons (Fsp3) is 0.471. The molecule has 0 bridgehead atoms. The monoisotopic (exact) mass is 412 g/mol. The number of aliphatic hydroxyl groups is 1. The minimum absolute atomic E-state index is 0.114. The number of rotatable bonds is 5. The number of ether oxygens (including phenoxy) is 1. The lowest BCUT2D eigenvalue weighted by atomic mass is 10.1. The lowest BCUT2D eigenvalue weighted by molar-refractivity contribution is -0.146. The van der Waals surface area contributed by atoms with Gasteiger partial charge in [-0.2, -0.15) is 0 Å². The molecule has 1 aromatic rings. The van der Waals surface area contributed by atoms with Gasteiger partial charge in [0, 0.05) is 30.8 Å². The van der Waals surface area contributed by atoms with E-state index in [-0.39, 0.29) is 25.3 Å². The van der Waals surface area contributed by atoms with Crippen molar-refractivity contribution in [3.63, 3.8) is 0 Å². The van der Waals surface area contributed by atoms with Crippen LogP contribution in [0.15, 0.2) is 28.7 Å². The number of esters is 1. The Kier molecular flexibility index (Phi) is 6.55. The number of aliphatic hydroxyl groups excluding tert-OH is 1. The lowest BCUT2D eigenvalue weighted by Crippen LogP contribution is -2.51. The number of β-amino-alcohol motifs (C(OH)–C–C–N with tert-alkyl or cyclic N) is 1. The Morgan fingerprint density at radius 2 is 2.00 bits per heavy atom. The second-order valence-electron chi connectivity index (χ2n) is 5.99.